The molecule has 2 nitrogen and oxygen atoms in total. The lowest BCUT2D eigenvalue weighted by atomic mass is 10.0. The van der Waals surface area contributed by atoms with Gasteiger partial charge in [-0.3, -0.25) is 4.79 Å². The van der Waals surface area contributed by atoms with E-state index < -0.39 is 0 Å². The maximum absolute atomic E-state index is 12.4. The first-order chi connectivity index (χ1) is 10.6. The molecule has 1 amide bonds. The SMILES string of the molecule is Cc1ccsc1CN(C)C(=O)Cc1ccc2ccccc2c1. The second kappa shape index (κ2) is 6.32. The van der Waals surface area contributed by atoms with Gasteiger partial charge < -0.3 is 4.90 Å². The van der Waals surface area contributed by atoms with Crippen molar-refractivity contribution < 1.29 is 4.79 Å². The van der Waals surface area contributed by atoms with Crippen LogP contribution in [0.4, 0.5) is 0 Å². The van der Waals surface area contributed by atoms with Crippen molar-refractivity contribution in [1.29, 1.82) is 0 Å². The molecular formula is C19H19NOS. The molecule has 0 saturated heterocycles. The van der Waals surface area contributed by atoms with Crippen molar-refractivity contribution in [3.8, 4) is 0 Å². The van der Waals surface area contributed by atoms with Gasteiger partial charge in [-0.25, -0.2) is 0 Å². The number of carbonyl (C=O) groups excluding carboxylic acids is 1. The highest BCUT2D eigenvalue weighted by Gasteiger charge is 2.12. The summed E-state index contributed by atoms with van der Waals surface area (Å²) in [6.07, 6.45) is 0.450. The monoisotopic (exact) mass is 309 g/mol. The van der Waals surface area contributed by atoms with Crippen LogP contribution in [0.25, 0.3) is 10.8 Å². The van der Waals surface area contributed by atoms with Crippen LogP contribution in [-0.4, -0.2) is 17.9 Å². The fraction of sp³-hybridized carbons (Fsp3) is 0.211. The molecule has 3 heteroatoms. The van der Waals surface area contributed by atoms with E-state index in [2.05, 4.69) is 42.6 Å². The summed E-state index contributed by atoms with van der Waals surface area (Å²) in [4.78, 5) is 15.5. The highest BCUT2D eigenvalue weighted by atomic mass is 32.1. The number of carbonyl (C=O) groups is 1. The first-order valence-electron chi connectivity index (χ1n) is 7.38. The van der Waals surface area contributed by atoms with Crippen molar-refractivity contribution in [1.82, 2.24) is 4.90 Å². The molecule has 1 aromatic heterocycles. The molecule has 0 bridgehead atoms. The lowest BCUT2D eigenvalue weighted by Crippen LogP contribution is -2.27. The Morgan fingerprint density at radius 2 is 1.86 bits per heavy atom. The minimum absolute atomic E-state index is 0.156. The molecule has 3 rings (SSSR count). The van der Waals surface area contributed by atoms with Crippen molar-refractivity contribution in [2.75, 3.05) is 7.05 Å². The van der Waals surface area contributed by atoms with Gasteiger partial charge in [0, 0.05) is 11.9 Å². The van der Waals surface area contributed by atoms with E-state index in [9.17, 15) is 4.79 Å². The molecule has 0 spiro atoms. The van der Waals surface area contributed by atoms with Gasteiger partial charge in [-0.15, -0.1) is 11.3 Å². The van der Waals surface area contributed by atoms with E-state index in [1.807, 2.05) is 30.1 Å². The molecule has 0 N–H and O–H groups in total. The fourth-order valence-electron chi connectivity index (χ4n) is 2.53. The summed E-state index contributed by atoms with van der Waals surface area (Å²) in [5.41, 5.74) is 2.33. The van der Waals surface area contributed by atoms with Gasteiger partial charge >= 0.3 is 0 Å². The van der Waals surface area contributed by atoms with Crippen LogP contribution in [0.15, 0.2) is 53.9 Å². The average molecular weight is 309 g/mol. The molecule has 0 saturated carbocycles. The Morgan fingerprint density at radius 1 is 1.09 bits per heavy atom. The van der Waals surface area contributed by atoms with Crippen molar-refractivity contribution in [3.05, 3.63) is 69.9 Å². The van der Waals surface area contributed by atoms with Crippen LogP contribution in [0.5, 0.6) is 0 Å². The van der Waals surface area contributed by atoms with E-state index in [-0.39, 0.29) is 5.91 Å². The van der Waals surface area contributed by atoms with Crippen molar-refractivity contribution >= 4 is 28.0 Å². The number of rotatable bonds is 4. The summed E-state index contributed by atoms with van der Waals surface area (Å²) < 4.78 is 0. The molecule has 2 aromatic carbocycles. The molecule has 0 aliphatic carbocycles. The van der Waals surface area contributed by atoms with Crippen molar-refractivity contribution in [3.63, 3.8) is 0 Å². The minimum atomic E-state index is 0.156. The lowest BCUT2D eigenvalue weighted by Gasteiger charge is -2.17. The van der Waals surface area contributed by atoms with Crippen LogP contribution >= 0.6 is 11.3 Å². The van der Waals surface area contributed by atoms with Crippen LogP contribution in [0, 0.1) is 6.92 Å². The minimum Gasteiger partial charge on any atom is -0.340 e. The largest absolute Gasteiger partial charge is 0.340 e. The molecular weight excluding hydrogens is 290 g/mol. The van der Waals surface area contributed by atoms with E-state index in [4.69, 9.17) is 0 Å². The number of likely N-dealkylation sites (N-methyl/N-ethyl adjacent to an activating group) is 1. The number of amides is 1. The molecule has 0 unspecified atom stereocenters. The summed E-state index contributed by atoms with van der Waals surface area (Å²) in [6.45, 7) is 2.78. The molecule has 1 heterocycles. The zero-order valence-electron chi connectivity index (χ0n) is 12.9. The standard InChI is InChI=1S/C19H19NOS/c1-14-9-10-22-18(14)13-20(2)19(21)12-15-7-8-16-5-3-4-6-17(16)11-15/h3-11H,12-13H2,1-2H3. The third-order valence-corrected chi connectivity index (χ3v) is 4.95. The van der Waals surface area contributed by atoms with Crippen LogP contribution in [0.1, 0.15) is 16.0 Å². The Morgan fingerprint density at radius 3 is 2.59 bits per heavy atom. The summed E-state index contributed by atoms with van der Waals surface area (Å²) >= 11 is 1.71. The number of benzene rings is 2. The maximum Gasteiger partial charge on any atom is 0.227 e. The molecule has 0 fully saturated rings. The zero-order valence-corrected chi connectivity index (χ0v) is 13.7. The second-order valence-corrected chi connectivity index (χ2v) is 6.64. The van der Waals surface area contributed by atoms with Gasteiger partial charge in [-0.1, -0.05) is 42.5 Å². The lowest BCUT2D eigenvalue weighted by molar-refractivity contribution is -0.129. The number of aryl methyl sites for hydroxylation is 1. The maximum atomic E-state index is 12.4. The Labute approximate surface area is 135 Å². The van der Waals surface area contributed by atoms with E-state index in [0.29, 0.717) is 13.0 Å². The highest BCUT2D eigenvalue weighted by Crippen LogP contribution is 2.19. The third-order valence-electron chi connectivity index (χ3n) is 3.94. The molecule has 3 aromatic rings. The predicted octanol–water partition coefficient (Wildman–Crippen LogP) is 4.41. The average Bonchev–Trinajstić information content (AvgIpc) is 2.92. The Hall–Kier alpha value is -2.13. The van der Waals surface area contributed by atoms with Gasteiger partial charge in [0.2, 0.25) is 5.91 Å². The van der Waals surface area contributed by atoms with Crippen LogP contribution in [-0.2, 0) is 17.8 Å². The third kappa shape index (κ3) is 3.20. The molecule has 0 aliphatic heterocycles. The Kier molecular flexibility index (Phi) is 4.25. The Balaban J connectivity index is 1.70. The van der Waals surface area contributed by atoms with Gasteiger partial charge in [0.05, 0.1) is 13.0 Å². The zero-order chi connectivity index (χ0) is 15.5. The van der Waals surface area contributed by atoms with Gasteiger partial charge in [0.1, 0.15) is 0 Å². The van der Waals surface area contributed by atoms with Crippen LogP contribution in [0.2, 0.25) is 0 Å². The van der Waals surface area contributed by atoms with Crippen LogP contribution in [0.3, 0.4) is 0 Å². The molecule has 0 radical (unpaired) electrons. The molecule has 22 heavy (non-hydrogen) atoms. The molecule has 0 aliphatic rings. The summed E-state index contributed by atoms with van der Waals surface area (Å²) in [5, 5.41) is 4.47. The van der Waals surface area contributed by atoms with Gasteiger partial charge in [-0.2, -0.15) is 0 Å². The number of hydrogen-bond donors (Lipinski definition) is 0. The predicted molar refractivity (Wildman–Crippen MR) is 93.2 cm³/mol. The number of thiophene rings is 1. The normalized spacial score (nSPS) is 10.8. The van der Waals surface area contributed by atoms with Gasteiger partial charge in [0.25, 0.3) is 0 Å². The topological polar surface area (TPSA) is 20.3 Å². The highest BCUT2D eigenvalue weighted by molar-refractivity contribution is 7.10. The number of nitrogens with zero attached hydrogens (tertiary/aromatic N) is 1. The van der Waals surface area contributed by atoms with Crippen molar-refractivity contribution in [2.45, 2.75) is 19.9 Å². The quantitative estimate of drug-likeness (QED) is 0.699. The summed E-state index contributed by atoms with van der Waals surface area (Å²) in [5.74, 6) is 0.156. The van der Waals surface area contributed by atoms with Crippen LogP contribution < -0.4 is 0 Å². The van der Waals surface area contributed by atoms with Gasteiger partial charge in [0.15, 0.2) is 0 Å². The van der Waals surface area contributed by atoms with E-state index >= 15 is 0 Å². The molecule has 112 valence electrons. The summed E-state index contributed by atoms with van der Waals surface area (Å²) in [7, 11) is 1.88. The molecule has 0 atom stereocenters. The van der Waals surface area contributed by atoms with Crippen molar-refractivity contribution in [2.24, 2.45) is 0 Å². The Bertz CT molecular complexity index is 806. The summed E-state index contributed by atoms with van der Waals surface area (Å²) in [6, 6.07) is 16.6. The first kappa shape index (κ1) is 14.8. The number of fused-ring (bicyclic) bond motifs is 1. The smallest absolute Gasteiger partial charge is 0.227 e. The fourth-order valence-corrected chi connectivity index (χ4v) is 3.49. The second-order valence-electron chi connectivity index (χ2n) is 5.63. The van der Waals surface area contributed by atoms with Gasteiger partial charge in [-0.05, 0) is 40.3 Å². The number of hydrogen-bond acceptors (Lipinski definition) is 2. The first-order valence-corrected chi connectivity index (χ1v) is 8.26. The van der Waals surface area contributed by atoms with E-state index in [1.165, 1.54) is 21.2 Å². The van der Waals surface area contributed by atoms with E-state index in [0.717, 1.165) is 5.56 Å². The van der Waals surface area contributed by atoms with E-state index in [1.54, 1.807) is 11.3 Å².